The molecule has 0 bridgehead atoms. The topological polar surface area (TPSA) is 30.0 Å². The van der Waals surface area contributed by atoms with Crippen LogP contribution in [0.25, 0.3) is 10.9 Å². The Morgan fingerprint density at radius 1 is 1.19 bits per heavy atom. The van der Waals surface area contributed by atoms with Crippen LogP contribution in [-0.2, 0) is 6.42 Å². The summed E-state index contributed by atoms with van der Waals surface area (Å²) in [5.41, 5.74) is 1.39. The van der Waals surface area contributed by atoms with Crippen molar-refractivity contribution < 1.29 is 9.18 Å². The third-order valence-corrected chi connectivity index (χ3v) is 3.02. The fraction of sp³-hybridized carbons (Fsp3) is 0.231. The second-order valence-corrected chi connectivity index (χ2v) is 4.05. The van der Waals surface area contributed by atoms with Crippen LogP contribution in [0.15, 0.2) is 24.3 Å². The molecule has 0 saturated carbocycles. The number of rotatable bonds is 0. The molecule has 0 spiro atoms. The first-order valence-electron chi connectivity index (χ1n) is 5.37. The minimum atomic E-state index is -0.270. The fourth-order valence-corrected chi connectivity index (χ4v) is 2.21. The number of ketones is 1. The first kappa shape index (κ1) is 9.46. The smallest absolute Gasteiger partial charge is 0.181 e. The Balaban J connectivity index is 2.40. The number of para-hydroxylation sites is 1. The zero-order valence-electron chi connectivity index (χ0n) is 8.66. The van der Waals surface area contributed by atoms with Gasteiger partial charge in [0.1, 0.15) is 11.5 Å². The van der Waals surface area contributed by atoms with E-state index in [1.54, 1.807) is 24.3 Å². The van der Waals surface area contributed by atoms with Gasteiger partial charge in [0.05, 0.1) is 5.52 Å². The lowest BCUT2D eigenvalue weighted by Gasteiger charge is -2.15. The van der Waals surface area contributed by atoms with Crippen molar-refractivity contribution in [2.75, 3.05) is 0 Å². The van der Waals surface area contributed by atoms with Gasteiger partial charge in [-0.05, 0) is 25.0 Å². The van der Waals surface area contributed by atoms with E-state index in [0.29, 0.717) is 35.0 Å². The molecule has 0 fully saturated rings. The Bertz CT molecular complexity index is 592. The van der Waals surface area contributed by atoms with Crippen LogP contribution in [-0.4, -0.2) is 10.8 Å². The second-order valence-electron chi connectivity index (χ2n) is 4.05. The van der Waals surface area contributed by atoms with E-state index in [1.165, 1.54) is 0 Å². The number of nitrogens with zero attached hydrogens (tertiary/aromatic N) is 1. The van der Waals surface area contributed by atoms with Crippen LogP contribution < -0.4 is 0 Å². The Labute approximate surface area is 92.1 Å². The van der Waals surface area contributed by atoms with Crippen LogP contribution in [0.2, 0.25) is 0 Å². The Kier molecular flexibility index (Phi) is 1.99. The highest BCUT2D eigenvalue weighted by atomic mass is 19.1. The molecule has 80 valence electrons. The molecule has 1 aromatic heterocycles. The van der Waals surface area contributed by atoms with E-state index < -0.39 is 0 Å². The summed E-state index contributed by atoms with van der Waals surface area (Å²) in [6.45, 7) is 0. The van der Waals surface area contributed by atoms with Crippen molar-refractivity contribution in [1.82, 2.24) is 4.98 Å². The van der Waals surface area contributed by atoms with E-state index in [0.717, 1.165) is 6.42 Å². The first-order valence-corrected chi connectivity index (χ1v) is 5.37. The van der Waals surface area contributed by atoms with E-state index in [1.807, 2.05) is 0 Å². The van der Waals surface area contributed by atoms with E-state index in [-0.39, 0.29) is 11.6 Å². The molecule has 0 unspecified atom stereocenters. The lowest BCUT2D eigenvalue weighted by Crippen LogP contribution is -2.15. The van der Waals surface area contributed by atoms with Crippen LogP contribution in [0.5, 0.6) is 0 Å². The zero-order valence-corrected chi connectivity index (χ0v) is 8.66. The zero-order chi connectivity index (χ0) is 11.1. The highest BCUT2D eigenvalue weighted by Crippen LogP contribution is 2.27. The van der Waals surface area contributed by atoms with Gasteiger partial charge in [0.2, 0.25) is 0 Å². The molecule has 3 rings (SSSR count). The number of hydrogen-bond acceptors (Lipinski definition) is 2. The summed E-state index contributed by atoms with van der Waals surface area (Å²) in [6, 6.07) is 7.02. The average Bonchev–Trinajstić information content (AvgIpc) is 2.31. The van der Waals surface area contributed by atoms with Crippen LogP contribution >= 0.6 is 0 Å². The molecule has 0 aliphatic heterocycles. The molecular weight excluding hydrogens is 205 g/mol. The number of Topliss-reactive ketones (excluding diaryl/α,β-unsaturated/α-hetero) is 1. The monoisotopic (exact) mass is 215 g/mol. The summed E-state index contributed by atoms with van der Waals surface area (Å²) in [6.07, 6.45) is 1.82. The van der Waals surface area contributed by atoms with Gasteiger partial charge in [0, 0.05) is 17.4 Å². The maximum atomic E-state index is 14.1. The van der Waals surface area contributed by atoms with E-state index in [4.69, 9.17) is 0 Å². The molecule has 16 heavy (non-hydrogen) atoms. The van der Waals surface area contributed by atoms with E-state index in [2.05, 4.69) is 4.98 Å². The average molecular weight is 215 g/mol. The highest BCUT2D eigenvalue weighted by Gasteiger charge is 2.23. The molecule has 0 radical (unpaired) electrons. The molecule has 0 atom stereocenters. The summed E-state index contributed by atoms with van der Waals surface area (Å²) in [7, 11) is 0. The van der Waals surface area contributed by atoms with E-state index >= 15 is 0 Å². The maximum Gasteiger partial charge on any atom is 0.181 e. The minimum absolute atomic E-state index is 0.0362. The number of benzene rings is 1. The number of pyridine rings is 1. The van der Waals surface area contributed by atoms with Crippen LogP contribution in [0, 0.1) is 5.82 Å². The summed E-state index contributed by atoms with van der Waals surface area (Å²) in [5.74, 6) is -0.306. The van der Waals surface area contributed by atoms with Gasteiger partial charge in [0.15, 0.2) is 5.78 Å². The van der Waals surface area contributed by atoms with Gasteiger partial charge < -0.3 is 0 Å². The Morgan fingerprint density at radius 2 is 2.00 bits per heavy atom. The van der Waals surface area contributed by atoms with Crippen molar-refractivity contribution in [2.24, 2.45) is 0 Å². The summed E-state index contributed by atoms with van der Waals surface area (Å²) in [4.78, 5) is 15.9. The van der Waals surface area contributed by atoms with Gasteiger partial charge in [-0.15, -0.1) is 0 Å². The minimum Gasteiger partial charge on any atom is -0.292 e. The summed E-state index contributed by atoms with van der Waals surface area (Å²) >= 11 is 0. The molecule has 1 aliphatic carbocycles. The van der Waals surface area contributed by atoms with Gasteiger partial charge in [-0.25, -0.2) is 9.37 Å². The largest absolute Gasteiger partial charge is 0.292 e. The van der Waals surface area contributed by atoms with Gasteiger partial charge in [-0.3, -0.25) is 4.79 Å². The van der Waals surface area contributed by atoms with Crippen LogP contribution in [0.4, 0.5) is 4.39 Å². The molecule has 1 aliphatic rings. The lowest BCUT2D eigenvalue weighted by atomic mass is 9.93. The Morgan fingerprint density at radius 3 is 2.88 bits per heavy atom. The van der Waals surface area contributed by atoms with Crippen molar-refractivity contribution >= 4 is 16.7 Å². The first-order chi connectivity index (χ1) is 7.77. The van der Waals surface area contributed by atoms with Gasteiger partial charge in [-0.1, -0.05) is 12.1 Å². The Hall–Kier alpha value is -1.77. The number of hydrogen-bond donors (Lipinski definition) is 0. The van der Waals surface area contributed by atoms with Gasteiger partial charge in [-0.2, -0.15) is 0 Å². The standard InChI is InChI=1S/C13H10FNO/c14-12-8-4-1-2-6-10(8)15-13-9(12)5-3-7-11(13)16/h1-2,4,6H,3,5,7H2. The van der Waals surface area contributed by atoms with Gasteiger partial charge >= 0.3 is 0 Å². The number of fused-ring (bicyclic) bond motifs is 2. The molecule has 2 aromatic rings. The van der Waals surface area contributed by atoms with Crippen LogP contribution in [0.1, 0.15) is 28.9 Å². The molecule has 0 N–H and O–H groups in total. The van der Waals surface area contributed by atoms with Gasteiger partial charge in [0.25, 0.3) is 0 Å². The predicted molar refractivity (Wildman–Crippen MR) is 59.0 cm³/mol. The SMILES string of the molecule is O=C1CCCc2c1nc1ccccc1c2F. The predicted octanol–water partition coefficient (Wildman–Crippen LogP) is 2.89. The number of carbonyl (C=O) groups is 1. The highest BCUT2D eigenvalue weighted by molar-refractivity contribution is 5.99. The molecule has 1 aromatic carbocycles. The number of aromatic nitrogens is 1. The lowest BCUT2D eigenvalue weighted by molar-refractivity contribution is 0.0966. The number of halogens is 1. The molecule has 0 amide bonds. The third kappa shape index (κ3) is 1.24. The molecular formula is C13H10FNO. The normalized spacial score (nSPS) is 15.2. The quantitative estimate of drug-likeness (QED) is 0.676. The molecule has 3 heteroatoms. The van der Waals surface area contributed by atoms with Crippen molar-refractivity contribution in [3.05, 3.63) is 41.3 Å². The molecule has 1 heterocycles. The van der Waals surface area contributed by atoms with Crippen molar-refractivity contribution in [3.8, 4) is 0 Å². The maximum absolute atomic E-state index is 14.1. The fourth-order valence-electron chi connectivity index (χ4n) is 2.21. The van der Waals surface area contributed by atoms with E-state index in [9.17, 15) is 9.18 Å². The number of carbonyl (C=O) groups excluding carboxylic acids is 1. The summed E-state index contributed by atoms with van der Waals surface area (Å²) < 4.78 is 14.1. The molecule has 2 nitrogen and oxygen atoms in total. The van der Waals surface area contributed by atoms with Crippen LogP contribution in [0.3, 0.4) is 0 Å². The second kappa shape index (κ2) is 3.37. The molecule has 0 saturated heterocycles. The summed E-state index contributed by atoms with van der Waals surface area (Å²) in [5, 5.41) is 0.510. The van der Waals surface area contributed by atoms with Crippen molar-refractivity contribution in [1.29, 1.82) is 0 Å². The van der Waals surface area contributed by atoms with Crippen molar-refractivity contribution in [3.63, 3.8) is 0 Å². The third-order valence-electron chi connectivity index (χ3n) is 3.02. The van der Waals surface area contributed by atoms with Crippen molar-refractivity contribution in [2.45, 2.75) is 19.3 Å².